The summed E-state index contributed by atoms with van der Waals surface area (Å²) in [6.07, 6.45) is 2.00. The molecule has 1 aromatic rings. The summed E-state index contributed by atoms with van der Waals surface area (Å²) < 4.78 is 48.3. The van der Waals surface area contributed by atoms with Crippen LogP contribution in [0.5, 0.6) is 0 Å². The van der Waals surface area contributed by atoms with Gasteiger partial charge in [0.1, 0.15) is 0 Å². The minimum Gasteiger partial charge on any atom is -0.348 e. The molecule has 0 amide bonds. The number of allylic oxidation sites excluding steroid dienone is 2. The molecule has 0 unspecified atom stereocenters. The molecule has 24 heavy (non-hydrogen) atoms. The molecule has 130 valence electrons. The van der Waals surface area contributed by atoms with Crippen molar-refractivity contribution in [2.24, 2.45) is 0 Å². The highest BCUT2D eigenvalue weighted by molar-refractivity contribution is 8.14. The van der Waals surface area contributed by atoms with Crippen molar-refractivity contribution in [3.63, 3.8) is 0 Å². The van der Waals surface area contributed by atoms with Crippen LogP contribution in [0.1, 0.15) is 18.1 Å². The van der Waals surface area contributed by atoms with Crippen LogP contribution < -0.4 is 0 Å². The van der Waals surface area contributed by atoms with Crippen molar-refractivity contribution in [2.45, 2.75) is 24.6 Å². The molecule has 1 aliphatic heterocycles. The number of hydrogen-bond donors (Lipinski definition) is 0. The Kier molecular flexibility index (Phi) is 6.65. The van der Waals surface area contributed by atoms with Crippen LogP contribution >= 0.6 is 11.8 Å². The van der Waals surface area contributed by atoms with Crippen molar-refractivity contribution < 1.29 is 27.4 Å². The summed E-state index contributed by atoms with van der Waals surface area (Å²) in [7, 11) is 0. The first-order valence-electron chi connectivity index (χ1n) is 7.27. The van der Waals surface area contributed by atoms with Crippen molar-refractivity contribution in [1.29, 1.82) is 0 Å². The van der Waals surface area contributed by atoms with Crippen molar-refractivity contribution in [3.05, 3.63) is 53.6 Å². The number of carbonyl (C=O) groups excluding carboxylic acids is 1. The van der Waals surface area contributed by atoms with E-state index in [1.165, 1.54) is 30.8 Å². The third-order valence-corrected chi connectivity index (χ3v) is 4.07. The van der Waals surface area contributed by atoms with Gasteiger partial charge in [0.05, 0.1) is 24.0 Å². The van der Waals surface area contributed by atoms with Crippen LogP contribution in [-0.2, 0) is 20.4 Å². The Morgan fingerprint density at radius 2 is 1.79 bits per heavy atom. The fourth-order valence-corrected chi connectivity index (χ4v) is 2.78. The Hall–Kier alpha value is -1.57. The lowest BCUT2D eigenvalue weighted by atomic mass is 10.1. The maximum absolute atomic E-state index is 12.5. The summed E-state index contributed by atoms with van der Waals surface area (Å²) in [4.78, 5) is 11.0. The predicted molar refractivity (Wildman–Crippen MR) is 87.4 cm³/mol. The zero-order chi connectivity index (χ0) is 17.6. The van der Waals surface area contributed by atoms with Crippen molar-refractivity contribution in [3.8, 4) is 0 Å². The SMILES string of the molecule is CC(=O)S[C@H]1CO[C@H](C=CC=Cc2ccc(C(F)(F)F)cc2)OC1. The molecule has 0 bridgehead atoms. The number of thioether (sulfide) groups is 1. The number of benzene rings is 1. The average molecular weight is 358 g/mol. The quantitative estimate of drug-likeness (QED) is 0.752. The lowest BCUT2D eigenvalue weighted by molar-refractivity contribution is -0.146. The van der Waals surface area contributed by atoms with E-state index in [0.29, 0.717) is 18.8 Å². The molecule has 1 heterocycles. The molecule has 0 spiro atoms. The van der Waals surface area contributed by atoms with Crippen molar-refractivity contribution in [2.75, 3.05) is 13.2 Å². The largest absolute Gasteiger partial charge is 0.416 e. The van der Waals surface area contributed by atoms with Crippen LogP contribution in [0.3, 0.4) is 0 Å². The highest BCUT2D eigenvalue weighted by Gasteiger charge is 2.29. The topological polar surface area (TPSA) is 35.5 Å². The minimum atomic E-state index is -4.32. The molecule has 0 radical (unpaired) electrons. The molecule has 2 rings (SSSR count). The van der Waals surface area contributed by atoms with Crippen LogP contribution in [0.4, 0.5) is 13.2 Å². The van der Waals surface area contributed by atoms with E-state index >= 15 is 0 Å². The second kappa shape index (κ2) is 8.50. The van der Waals surface area contributed by atoms with E-state index in [2.05, 4.69) is 0 Å². The molecular formula is C17H17F3O3S. The Bertz CT molecular complexity index is 601. The van der Waals surface area contributed by atoms with E-state index in [1.807, 2.05) is 0 Å². The molecule has 0 aliphatic carbocycles. The second-order valence-electron chi connectivity index (χ2n) is 5.13. The van der Waals surface area contributed by atoms with E-state index in [9.17, 15) is 18.0 Å². The van der Waals surface area contributed by atoms with E-state index in [0.717, 1.165) is 12.1 Å². The highest BCUT2D eigenvalue weighted by atomic mass is 32.2. The van der Waals surface area contributed by atoms with Gasteiger partial charge in [0.15, 0.2) is 11.4 Å². The number of alkyl halides is 3. The van der Waals surface area contributed by atoms with Gasteiger partial charge in [0.25, 0.3) is 0 Å². The van der Waals surface area contributed by atoms with Crippen LogP contribution in [0, 0.1) is 0 Å². The van der Waals surface area contributed by atoms with Crippen LogP contribution in [0.2, 0.25) is 0 Å². The first-order chi connectivity index (χ1) is 11.3. The highest BCUT2D eigenvalue weighted by Crippen LogP contribution is 2.29. The van der Waals surface area contributed by atoms with Gasteiger partial charge >= 0.3 is 6.18 Å². The number of hydrogen-bond acceptors (Lipinski definition) is 4. The monoisotopic (exact) mass is 358 g/mol. The van der Waals surface area contributed by atoms with Crippen molar-refractivity contribution in [1.82, 2.24) is 0 Å². The average Bonchev–Trinajstić information content (AvgIpc) is 2.52. The first kappa shape index (κ1) is 18.8. The molecule has 7 heteroatoms. The van der Waals surface area contributed by atoms with Crippen LogP contribution in [0.25, 0.3) is 6.08 Å². The number of carbonyl (C=O) groups is 1. The molecule has 0 aromatic heterocycles. The molecular weight excluding hydrogens is 341 g/mol. The Labute approximate surface area is 142 Å². The molecule has 0 saturated carbocycles. The standard InChI is InChI=1S/C17H17F3O3S/c1-12(21)24-15-10-22-16(23-11-15)5-3-2-4-13-6-8-14(9-7-13)17(18,19)20/h2-9,15-16H,10-11H2,1H3/t15-,16-. The molecule has 0 atom stereocenters. The van der Waals surface area contributed by atoms with Gasteiger partial charge in [0.2, 0.25) is 0 Å². The summed E-state index contributed by atoms with van der Waals surface area (Å²) >= 11 is 1.20. The second-order valence-corrected chi connectivity index (χ2v) is 6.61. The van der Waals surface area contributed by atoms with Crippen LogP contribution in [0.15, 0.2) is 42.5 Å². The van der Waals surface area contributed by atoms with E-state index in [-0.39, 0.29) is 10.4 Å². The Morgan fingerprint density at radius 3 is 2.33 bits per heavy atom. The molecule has 1 saturated heterocycles. The summed E-state index contributed by atoms with van der Waals surface area (Å²) in [6.45, 7) is 2.37. The van der Waals surface area contributed by atoms with Gasteiger partial charge in [-0.3, -0.25) is 4.79 Å². The summed E-state index contributed by atoms with van der Waals surface area (Å²) in [6, 6.07) is 4.90. The molecule has 1 aromatic carbocycles. The van der Waals surface area contributed by atoms with Gasteiger partial charge in [-0.2, -0.15) is 13.2 Å². The lowest BCUT2D eigenvalue weighted by Gasteiger charge is -2.26. The molecule has 3 nitrogen and oxygen atoms in total. The first-order valence-corrected chi connectivity index (χ1v) is 8.15. The zero-order valence-corrected chi connectivity index (χ0v) is 13.8. The fourth-order valence-electron chi connectivity index (χ4n) is 2.02. The smallest absolute Gasteiger partial charge is 0.348 e. The van der Waals surface area contributed by atoms with Gasteiger partial charge in [-0.15, -0.1) is 0 Å². The molecule has 1 fully saturated rings. The van der Waals surface area contributed by atoms with Gasteiger partial charge in [-0.1, -0.05) is 42.1 Å². The normalized spacial score (nSPS) is 22.3. The Morgan fingerprint density at radius 1 is 1.17 bits per heavy atom. The molecule has 1 aliphatic rings. The van der Waals surface area contributed by atoms with E-state index in [1.54, 1.807) is 24.3 Å². The van der Waals surface area contributed by atoms with Crippen LogP contribution in [-0.4, -0.2) is 29.9 Å². The third kappa shape index (κ3) is 6.14. The van der Waals surface area contributed by atoms with Crippen molar-refractivity contribution >= 4 is 23.0 Å². The van der Waals surface area contributed by atoms with E-state index in [4.69, 9.17) is 9.47 Å². The zero-order valence-electron chi connectivity index (χ0n) is 13.0. The molecule has 0 N–H and O–H groups in total. The Balaban J connectivity index is 1.80. The number of ether oxygens (including phenoxy) is 2. The van der Waals surface area contributed by atoms with Gasteiger partial charge in [-0.05, 0) is 23.8 Å². The predicted octanol–water partition coefficient (Wildman–Crippen LogP) is 4.30. The maximum atomic E-state index is 12.5. The summed E-state index contributed by atoms with van der Waals surface area (Å²) in [5.74, 6) is 0. The summed E-state index contributed by atoms with van der Waals surface area (Å²) in [5.41, 5.74) is -0.00626. The number of halogens is 3. The van der Waals surface area contributed by atoms with Gasteiger partial charge in [-0.25, -0.2) is 0 Å². The van der Waals surface area contributed by atoms with Gasteiger partial charge in [0, 0.05) is 6.92 Å². The summed E-state index contributed by atoms with van der Waals surface area (Å²) in [5, 5.41) is 0.0375. The minimum absolute atomic E-state index is 0.00911. The van der Waals surface area contributed by atoms with E-state index < -0.39 is 18.0 Å². The number of rotatable bonds is 4. The maximum Gasteiger partial charge on any atom is 0.416 e. The lowest BCUT2D eigenvalue weighted by Crippen LogP contribution is -2.33. The third-order valence-electron chi connectivity index (χ3n) is 3.13. The fraction of sp³-hybridized carbons (Fsp3) is 0.353. The van der Waals surface area contributed by atoms with Gasteiger partial charge < -0.3 is 9.47 Å².